The molecule has 0 heterocycles. The molecule has 0 radical (unpaired) electrons. The van der Waals surface area contributed by atoms with E-state index in [2.05, 4.69) is 26.8 Å². The third-order valence-corrected chi connectivity index (χ3v) is 4.73. The summed E-state index contributed by atoms with van der Waals surface area (Å²) < 4.78 is 5.08. The molecular formula is C17H26O2. The number of carbonyl (C=O) groups excluding carboxylic acids is 1. The minimum atomic E-state index is -0.195. The zero-order chi connectivity index (χ0) is 14.0. The normalized spacial score (nSPS) is 31.4. The monoisotopic (exact) mass is 262 g/mol. The number of fused-ring (bicyclic) bond motifs is 1. The molecule has 2 rings (SSSR count). The van der Waals surface area contributed by atoms with Crippen molar-refractivity contribution in [2.45, 2.75) is 53.4 Å². The number of ether oxygens (including phenoxy) is 1. The van der Waals surface area contributed by atoms with Crippen molar-refractivity contribution in [3.63, 3.8) is 0 Å². The maximum absolute atomic E-state index is 10.9. The summed E-state index contributed by atoms with van der Waals surface area (Å²) in [7, 11) is 0. The molecule has 0 bridgehead atoms. The minimum Gasteiger partial charge on any atom is -0.461 e. The van der Waals surface area contributed by atoms with Gasteiger partial charge in [0.15, 0.2) is 0 Å². The van der Waals surface area contributed by atoms with Crippen LogP contribution in [0.25, 0.3) is 0 Å². The van der Waals surface area contributed by atoms with E-state index >= 15 is 0 Å². The van der Waals surface area contributed by atoms with Crippen LogP contribution in [0.1, 0.15) is 53.4 Å². The van der Waals surface area contributed by atoms with Crippen LogP contribution in [0.15, 0.2) is 22.8 Å². The number of rotatable bonds is 3. The van der Waals surface area contributed by atoms with Gasteiger partial charge in [0.1, 0.15) is 6.61 Å². The first-order valence-electron chi connectivity index (χ1n) is 7.49. The first kappa shape index (κ1) is 14.4. The summed E-state index contributed by atoms with van der Waals surface area (Å²) in [5.74, 6) is 2.03. The van der Waals surface area contributed by atoms with Crippen molar-refractivity contribution >= 4 is 5.97 Å². The molecule has 0 aliphatic heterocycles. The molecule has 2 heteroatoms. The lowest BCUT2D eigenvalue weighted by molar-refractivity contribution is -0.139. The van der Waals surface area contributed by atoms with Crippen LogP contribution < -0.4 is 0 Å². The Morgan fingerprint density at radius 1 is 1.32 bits per heavy atom. The van der Waals surface area contributed by atoms with Crippen LogP contribution in [0.4, 0.5) is 0 Å². The van der Waals surface area contributed by atoms with E-state index in [0.29, 0.717) is 12.5 Å². The molecule has 0 aromatic heterocycles. The van der Waals surface area contributed by atoms with E-state index < -0.39 is 0 Å². The molecule has 0 spiro atoms. The predicted molar refractivity (Wildman–Crippen MR) is 77.7 cm³/mol. The van der Waals surface area contributed by atoms with Crippen LogP contribution in [0, 0.1) is 17.8 Å². The lowest BCUT2D eigenvalue weighted by Crippen LogP contribution is -2.23. The van der Waals surface area contributed by atoms with Crippen LogP contribution >= 0.6 is 0 Å². The number of carbonyl (C=O) groups is 1. The van der Waals surface area contributed by atoms with Gasteiger partial charge in [-0.2, -0.15) is 0 Å². The van der Waals surface area contributed by atoms with Crippen LogP contribution in [0.3, 0.4) is 0 Å². The molecule has 0 amide bonds. The van der Waals surface area contributed by atoms with Gasteiger partial charge in [-0.25, -0.2) is 0 Å². The predicted octanol–water partition coefficient (Wildman–Crippen LogP) is 4.27. The van der Waals surface area contributed by atoms with E-state index in [-0.39, 0.29) is 5.97 Å². The topological polar surface area (TPSA) is 26.3 Å². The standard InChI is InChI=1S/C17H26O2/c1-11(10-19-14(4)18)9-15-7-5-12(2)16-8-6-13(3)17(15)16/h9,12,15-16H,5-8,10H2,1-4H3/b11-9-/t12-,15+,16?/m1/s1. The van der Waals surface area contributed by atoms with Crippen LogP contribution in [-0.4, -0.2) is 12.6 Å². The summed E-state index contributed by atoms with van der Waals surface area (Å²) in [6, 6.07) is 0. The van der Waals surface area contributed by atoms with Gasteiger partial charge >= 0.3 is 5.97 Å². The van der Waals surface area contributed by atoms with E-state index in [1.54, 1.807) is 11.1 Å². The molecular weight excluding hydrogens is 236 g/mol. The highest BCUT2D eigenvalue weighted by atomic mass is 16.5. The number of hydrogen-bond donors (Lipinski definition) is 0. The van der Waals surface area contributed by atoms with Gasteiger partial charge < -0.3 is 4.74 Å². The highest BCUT2D eigenvalue weighted by Crippen LogP contribution is 2.48. The van der Waals surface area contributed by atoms with E-state index in [1.807, 2.05) is 0 Å². The average Bonchev–Trinajstić information content (AvgIpc) is 2.74. The lowest BCUT2D eigenvalue weighted by atomic mass is 9.71. The largest absolute Gasteiger partial charge is 0.461 e. The fourth-order valence-electron chi connectivity index (χ4n) is 3.75. The molecule has 3 atom stereocenters. The zero-order valence-electron chi connectivity index (χ0n) is 12.7. The number of esters is 1. The van der Waals surface area contributed by atoms with Gasteiger partial charge in [-0.3, -0.25) is 4.79 Å². The van der Waals surface area contributed by atoms with Gasteiger partial charge in [-0.05, 0) is 62.9 Å². The van der Waals surface area contributed by atoms with Gasteiger partial charge in [0.25, 0.3) is 0 Å². The average molecular weight is 262 g/mol. The van der Waals surface area contributed by atoms with Gasteiger partial charge in [0.05, 0.1) is 0 Å². The highest BCUT2D eigenvalue weighted by Gasteiger charge is 2.35. The fourth-order valence-corrected chi connectivity index (χ4v) is 3.75. The molecule has 1 fully saturated rings. The lowest BCUT2D eigenvalue weighted by Gasteiger charge is -2.34. The first-order valence-corrected chi connectivity index (χ1v) is 7.49. The summed E-state index contributed by atoms with van der Waals surface area (Å²) >= 11 is 0. The molecule has 106 valence electrons. The Kier molecular flexibility index (Phi) is 4.49. The maximum atomic E-state index is 10.9. The van der Waals surface area contributed by atoms with Crippen molar-refractivity contribution in [1.82, 2.24) is 0 Å². The number of allylic oxidation sites excluding steroid dienone is 3. The SMILES string of the molecule is CC(=O)OC/C(C)=C\[C@@H]1CC[C@@H](C)C2CCC(C)=C21. The Morgan fingerprint density at radius 2 is 2.05 bits per heavy atom. The quantitative estimate of drug-likeness (QED) is 0.561. The molecule has 0 N–H and O–H groups in total. The van der Waals surface area contributed by atoms with E-state index in [4.69, 9.17) is 4.74 Å². The Bertz CT molecular complexity index is 417. The number of hydrogen-bond acceptors (Lipinski definition) is 2. The molecule has 1 saturated carbocycles. The molecule has 2 aliphatic rings. The molecule has 0 aromatic rings. The van der Waals surface area contributed by atoms with Crippen LogP contribution in [0.5, 0.6) is 0 Å². The first-order chi connectivity index (χ1) is 8.99. The van der Waals surface area contributed by atoms with Crippen molar-refractivity contribution in [1.29, 1.82) is 0 Å². The highest BCUT2D eigenvalue weighted by molar-refractivity contribution is 5.66. The molecule has 2 aliphatic carbocycles. The molecule has 1 unspecified atom stereocenters. The van der Waals surface area contributed by atoms with Gasteiger partial charge in [-0.15, -0.1) is 0 Å². The molecule has 0 aromatic carbocycles. The van der Waals surface area contributed by atoms with Gasteiger partial charge in [-0.1, -0.05) is 24.1 Å². The van der Waals surface area contributed by atoms with Crippen LogP contribution in [0.2, 0.25) is 0 Å². The van der Waals surface area contributed by atoms with Crippen LogP contribution in [-0.2, 0) is 9.53 Å². The van der Waals surface area contributed by atoms with Crippen molar-refractivity contribution in [3.05, 3.63) is 22.8 Å². The van der Waals surface area contributed by atoms with Crippen molar-refractivity contribution < 1.29 is 9.53 Å². The molecule has 0 saturated heterocycles. The molecule has 2 nitrogen and oxygen atoms in total. The fraction of sp³-hybridized carbons (Fsp3) is 0.706. The molecule has 19 heavy (non-hydrogen) atoms. The van der Waals surface area contributed by atoms with Crippen molar-refractivity contribution in [2.24, 2.45) is 17.8 Å². The Morgan fingerprint density at radius 3 is 2.74 bits per heavy atom. The van der Waals surface area contributed by atoms with Gasteiger partial charge in [0.2, 0.25) is 0 Å². The second kappa shape index (κ2) is 5.94. The Labute approximate surface area is 116 Å². The van der Waals surface area contributed by atoms with E-state index in [9.17, 15) is 4.79 Å². The zero-order valence-corrected chi connectivity index (χ0v) is 12.7. The second-order valence-corrected chi connectivity index (χ2v) is 6.34. The summed E-state index contributed by atoms with van der Waals surface area (Å²) in [4.78, 5) is 10.9. The summed E-state index contributed by atoms with van der Waals surface area (Å²) in [6.07, 6.45) is 7.53. The summed E-state index contributed by atoms with van der Waals surface area (Å²) in [5, 5.41) is 0. The Hall–Kier alpha value is -1.05. The Balaban J connectivity index is 2.09. The minimum absolute atomic E-state index is 0.195. The van der Waals surface area contributed by atoms with Gasteiger partial charge in [0, 0.05) is 6.92 Å². The smallest absolute Gasteiger partial charge is 0.302 e. The summed E-state index contributed by atoms with van der Waals surface area (Å²) in [5.41, 5.74) is 4.49. The van der Waals surface area contributed by atoms with Crippen molar-refractivity contribution in [3.8, 4) is 0 Å². The maximum Gasteiger partial charge on any atom is 0.302 e. The van der Waals surface area contributed by atoms with E-state index in [0.717, 1.165) is 11.8 Å². The second-order valence-electron chi connectivity index (χ2n) is 6.34. The third-order valence-electron chi connectivity index (χ3n) is 4.73. The van der Waals surface area contributed by atoms with Crippen molar-refractivity contribution in [2.75, 3.05) is 6.61 Å². The summed E-state index contributed by atoms with van der Waals surface area (Å²) in [6.45, 7) is 8.68. The third kappa shape index (κ3) is 3.29. The van der Waals surface area contributed by atoms with E-state index in [1.165, 1.54) is 38.2 Å².